The van der Waals surface area contributed by atoms with E-state index < -0.39 is 0 Å². The minimum Gasteiger partial charge on any atom is -0.332 e. The van der Waals surface area contributed by atoms with E-state index in [0.29, 0.717) is 12.0 Å². The second kappa shape index (κ2) is 34.1. The van der Waals surface area contributed by atoms with Crippen LogP contribution in [0.2, 0.25) is 0 Å². The Kier molecular flexibility index (Phi) is 32.0. The van der Waals surface area contributed by atoms with Crippen molar-refractivity contribution in [3.63, 3.8) is 0 Å². The molecule has 0 amide bonds. The van der Waals surface area contributed by atoms with Crippen LogP contribution in [0.25, 0.3) is 0 Å². The summed E-state index contributed by atoms with van der Waals surface area (Å²) in [5.41, 5.74) is 0. The Balaban J connectivity index is 2.38. The third-order valence-electron chi connectivity index (χ3n) is 10.8. The van der Waals surface area contributed by atoms with E-state index in [1.165, 1.54) is 231 Å². The highest BCUT2D eigenvalue weighted by atomic mass is 15.1. The van der Waals surface area contributed by atoms with E-state index >= 15 is 0 Å². The predicted octanol–water partition coefficient (Wildman–Crippen LogP) is 16.2. The maximum absolute atomic E-state index is 5.04. The molecule has 0 fully saturated rings. The molecule has 0 bridgehead atoms. The summed E-state index contributed by atoms with van der Waals surface area (Å²) in [7, 11) is 0. The molecule has 46 heavy (non-hydrogen) atoms. The van der Waals surface area contributed by atoms with Crippen LogP contribution in [-0.2, 0) is 0 Å². The second-order valence-electron chi connectivity index (χ2n) is 15.4. The first-order valence-corrected chi connectivity index (χ1v) is 21.8. The number of hydrogen-bond acceptors (Lipinski definition) is 1. The lowest BCUT2D eigenvalue weighted by molar-refractivity contribution is 0.412. The molecule has 0 aliphatic heterocycles. The second-order valence-corrected chi connectivity index (χ2v) is 15.4. The Morgan fingerprint density at radius 1 is 0.413 bits per heavy atom. The zero-order valence-electron chi connectivity index (χ0n) is 32.5. The van der Waals surface area contributed by atoms with Crippen LogP contribution in [0, 0.1) is 0 Å². The fourth-order valence-corrected chi connectivity index (χ4v) is 7.59. The van der Waals surface area contributed by atoms with Crippen molar-refractivity contribution in [3.8, 4) is 0 Å². The maximum atomic E-state index is 5.04. The summed E-state index contributed by atoms with van der Waals surface area (Å²) >= 11 is 0. The molecule has 2 nitrogen and oxygen atoms in total. The highest BCUT2D eigenvalue weighted by Gasteiger charge is 2.19. The molecule has 2 unspecified atom stereocenters. The van der Waals surface area contributed by atoms with Crippen molar-refractivity contribution >= 4 is 0 Å². The molecule has 0 saturated carbocycles. The SMILES string of the molecule is CCCCCCCCCCCCCCCC(C)n1ccnc1C(CCCCCCCCCCC)CCCCCCCCCCCC. The lowest BCUT2D eigenvalue weighted by atomic mass is 9.92. The van der Waals surface area contributed by atoms with Crippen LogP contribution >= 0.6 is 0 Å². The summed E-state index contributed by atoms with van der Waals surface area (Å²) in [6, 6.07) is 0.587. The van der Waals surface area contributed by atoms with Gasteiger partial charge >= 0.3 is 0 Å². The first kappa shape index (κ1) is 43.2. The van der Waals surface area contributed by atoms with Crippen LogP contribution in [-0.4, -0.2) is 9.55 Å². The van der Waals surface area contributed by atoms with E-state index in [4.69, 9.17) is 4.98 Å². The van der Waals surface area contributed by atoms with Gasteiger partial charge in [0.25, 0.3) is 0 Å². The van der Waals surface area contributed by atoms with Crippen LogP contribution in [0.4, 0.5) is 0 Å². The van der Waals surface area contributed by atoms with Gasteiger partial charge in [0, 0.05) is 24.4 Å². The molecule has 0 N–H and O–H groups in total. The van der Waals surface area contributed by atoms with Gasteiger partial charge in [-0.1, -0.05) is 226 Å². The molecular formula is C44H86N2. The number of imidazole rings is 1. The van der Waals surface area contributed by atoms with Gasteiger partial charge in [-0.15, -0.1) is 0 Å². The fourth-order valence-electron chi connectivity index (χ4n) is 7.59. The Hall–Kier alpha value is -0.790. The summed E-state index contributed by atoms with van der Waals surface area (Å²) in [5.74, 6) is 2.07. The predicted molar refractivity (Wildman–Crippen MR) is 208 cm³/mol. The molecule has 1 aromatic rings. The van der Waals surface area contributed by atoms with Gasteiger partial charge in [0.15, 0.2) is 0 Å². The third kappa shape index (κ3) is 25.3. The molecular weight excluding hydrogens is 556 g/mol. The van der Waals surface area contributed by atoms with Crippen molar-refractivity contribution in [2.45, 2.75) is 264 Å². The number of aromatic nitrogens is 2. The molecule has 1 heterocycles. The number of nitrogens with zero attached hydrogens (tertiary/aromatic N) is 2. The molecule has 1 aromatic heterocycles. The Bertz CT molecular complexity index is 709. The molecule has 0 saturated heterocycles. The highest BCUT2D eigenvalue weighted by molar-refractivity contribution is 5.02. The molecule has 0 radical (unpaired) electrons. The van der Waals surface area contributed by atoms with Crippen molar-refractivity contribution in [3.05, 3.63) is 18.2 Å². The van der Waals surface area contributed by atoms with Gasteiger partial charge in [0.05, 0.1) is 0 Å². The standard InChI is InChI=1S/C44H86N2/c1-5-8-11-14-17-20-22-23-24-26-28-31-34-37-42(4)46-41-40-45-44(46)43(38-35-32-29-25-19-16-13-10-7-3)39-36-33-30-27-21-18-15-12-9-6-2/h40-43H,5-39H2,1-4H3. The first-order valence-electron chi connectivity index (χ1n) is 21.8. The fraction of sp³-hybridized carbons (Fsp3) is 0.932. The summed E-state index contributed by atoms with van der Waals surface area (Å²) in [6.45, 7) is 9.40. The van der Waals surface area contributed by atoms with Crippen LogP contribution in [0.1, 0.15) is 270 Å². The lowest BCUT2D eigenvalue weighted by Gasteiger charge is -2.22. The molecule has 0 aliphatic rings. The minimum atomic E-state index is 0.587. The Morgan fingerprint density at radius 3 is 1.02 bits per heavy atom. The number of rotatable bonds is 37. The van der Waals surface area contributed by atoms with E-state index in [0.717, 1.165) is 0 Å². The number of hydrogen-bond donors (Lipinski definition) is 0. The zero-order valence-corrected chi connectivity index (χ0v) is 32.5. The van der Waals surface area contributed by atoms with Gasteiger partial charge in [0.2, 0.25) is 0 Å². The van der Waals surface area contributed by atoms with E-state index in [2.05, 4.69) is 44.7 Å². The van der Waals surface area contributed by atoms with Gasteiger partial charge in [0.1, 0.15) is 5.82 Å². The molecule has 2 heteroatoms. The van der Waals surface area contributed by atoms with Crippen molar-refractivity contribution in [2.75, 3.05) is 0 Å². The van der Waals surface area contributed by atoms with Crippen molar-refractivity contribution < 1.29 is 0 Å². The molecule has 0 spiro atoms. The van der Waals surface area contributed by atoms with Crippen molar-refractivity contribution in [2.24, 2.45) is 0 Å². The van der Waals surface area contributed by atoms with E-state index in [1.807, 2.05) is 0 Å². The van der Waals surface area contributed by atoms with Gasteiger partial charge in [-0.3, -0.25) is 0 Å². The number of unbranched alkanes of at least 4 members (excludes halogenated alkanes) is 29. The average molecular weight is 643 g/mol. The maximum Gasteiger partial charge on any atom is 0.111 e. The summed E-state index contributed by atoms with van der Waals surface area (Å²) in [5, 5.41) is 0. The monoisotopic (exact) mass is 643 g/mol. The van der Waals surface area contributed by atoms with E-state index in [1.54, 1.807) is 0 Å². The van der Waals surface area contributed by atoms with E-state index in [9.17, 15) is 0 Å². The van der Waals surface area contributed by atoms with Crippen molar-refractivity contribution in [1.29, 1.82) is 0 Å². The van der Waals surface area contributed by atoms with Crippen molar-refractivity contribution in [1.82, 2.24) is 9.55 Å². The van der Waals surface area contributed by atoms with Crippen LogP contribution in [0.5, 0.6) is 0 Å². The molecule has 0 aliphatic carbocycles. The molecule has 0 aromatic carbocycles. The molecule has 1 rings (SSSR count). The Morgan fingerprint density at radius 2 is 0.696 bits per heavy atom. The quantitative estimate of drug-likeness (QED) is 0.0660. The minimum absolute atomic E-state index is 0.587. The first-order chi connectivity index (χ1) is 22.7. The Labute approximate surface area is 291 Å². The zero-order chi connectivity index (χ0) is 33.2. The average Bonchev–Trinajstić information content (AvgIpc) is 3.56. The molecule has 2 atom stereocenters. The topological polar surface area (TPSA) is 17.8 Å². The largest absolute Gasteiger partial charge is 0.332 e. The van der Waals surface area contributed by atoms with Gasteiger partial charge < -0.3 is 4.57 Å². The summed E-state index contributed by atoms with van der Waals surface area (Å²) in [6.07, 6.45) is 54.1. The van der Waals surface area contributed by atoms with Gasteiger partial charge in [-0.25, -0.2) is 4.98 Å². The van der Waals surface area contributed by atoms with Gasteiger partial charge in [-0.2, -0.15) is 0 Å². The smallest absolute Gasteiger partial charge is 0.111 e. The summed E-state index contributed by atoms with van der Waals surface area (Å²) < 4.78 is 2.59. The molecule has 272 valence electrons. The highest BCUT2D eigenvalue weighted by Crippen LogP contribution is 2.31. The normalized spacial score (nSPS) is 13.0. The van der Waals surface area contributed by atoms with Crippen LogP contribution in [0.3, 0.4) is 0 Å². The summed E-state index contributed by atoms with van der Waals surface area (Å²) in [4.78, 5) is 5.04. The van der Waals surface area contributed by atoms with Crippen LogP contribution in [0.15, 0.2) is 12.4 Å². The third-order valence-corrected chi connectivity index (χ3v) is 10.8. The van der Waals surface area contributed by atoms with Gasteiger partial charge in [-0.05, 0) is 26.2 Å². The lowest BCUT2D eigenvalue weighted by Crippen LogP contribution is -2.13. The van der Waals surface area contributed by atoms with Crippen LogP contribution < -0.4 is 0 Å². The van der Waals surface area contributed by atoms with E-state index in [-0.39, 0.29) is 0 Å².